The van der Waals surface area contributed by atoms with Gasteiger partial charge in [0.15, 0.2) is 11.5 Å². The van der Waals surface area contributed by atoms with Crippen LogP contribution in [0.5, 0.6) is 11.5 Å². The summed E-state index contributed by atoms with van der Waals surface area (Å²) in [5.74, 6) is 0.911. The van der Waals surface area contributed by atoms with Gasteiger partial charge >= 0.3 is 0 Å². The second-order valence-corrected chi connectivity index (χ2v) is 3.77. The summed E-state index contributed by atoms with van der Waals surface area (Å²) in [5.41, 5.74) is 0.488. The van der Waals surface area contributed by atoms with E-state index in [-0.39, 0.29) is 12.5 Å². The van der Waals surface area contributed by atoms with Crippen LogP contribution in [0.15, 0.2) is 41.2 Å². The molecule has 1 aliphatic heterocycles. The van der Waals surface area contributed by atoms with Crippen LogP contribution in [0.3, 0.4) is 0 Å². The molecule has 1 N–H and O–H groups in total. The van der Waals surface area contributed by atoms with E-state index in [1.807, 2.05) is 12.1 Å². The number of fused-ring (bicyclic) bond motifs is 1. The van der Waals surface area contributed by atoms with Gasteiger partial charge in [-0.15, -0.1) is 0 Å². The van der Waals surface area contributed by atoms with Gasteiger partial charge in [-0.05, 0) is 12.1 Å². The molecule has 0 fully saturated rings. The predicted molar refractivity (Wildman–Crippen MR) is 61.5 cm³/mol. The van der Waals surface area contributed by atoms with E-state index in [1.54, 1.807) is 12.1 Å². The zero-order chi connectivity index (χ0) is 12.4. The molecule has 2 heterocycles. The van der Waals surface area contributed by atoms with Crippen molar-refractivity contribution in [1.82, 2.24) is 5.16 Å². The van der Waals surface area contributed by atoms with Crippen LogP contribution in [0, 0.1) is 0 Å². The smallest absolute Gasteiger partial charge is 0.269 e. The molecule has 2 aromatic rings. The van der Waals surface area contributed by atoms with E-state index in [0.717, 1.165) is 0 Å². The van der Waals surface area contributed by atoms with Gasteiger partial charge in [0.2, 0.25) is 6.10 Å². The molecule has 0 bridgehead atoms. The van der Waals surface area contributed by atoms with E-state index >= 15 is 0 Å². The minimum Gasteiger partial charge on any atom is -0.485 e. The number of benzene rings is 1. The van der Waals surface area contributed by atoms with Gasteiger partial charge in [-0.2, -0.15) is 0 Å². The minimum absolute atomic E-state index is 0.175. The van der Waals surface area contributed by atoms with Gasteiger partial charge in [-0.3, -0.25) is 4.79 Å². The van der Waals surface area contributed by atoms with Crippen LogP contribution in [0.4, 0.5) is 5.69 Å². The molecule has 6 heteroatoms. The zero-order valence-electron chi connectivity index (χ0n) is 9.33. The maximum Gasteiger partial charge on any atom is 0.269 e. The van der Waals surface area contributed by atoms with Crippen LogP contribution >= 0.6 is 0 Å². The van der Waals surface area contributed by atoms with Gasteiger partial charge in [0.05, 0.1) is 6.20 Å². The number of carbonyl (C=O) groups excluding carboxylic acids is 1. The summed E-state index contributed by atoms with van der Waals surface area (Å²) in [6.07, 6.45) is 2.07. The van der Waals surface area contributed by atoms with Crippen LogP contribution < -0.4 is 14.8 Å². The largest absolute Gasteiger partial charge is 0.485 e. The summed E-state index contributed by atoms with van der Waals surface area (Å²) < 4.78 is 15.6. The molecule has 1 aromatic heterocycles. The Kier molecular flexibility index (Phi) is 2.60. The number of nitrogens with zero attached hydrogens (tertiary/aromatic N) is 1. The van der Waals surface area contributed by atoms with Crippen LogP contribution in [0.25, 0.3) is 0 Å². The van der Waals surface area contributed by atoms with E-state index in [1.165, 1.54) is 12.5 Å². The van der Waals surface area contributed by atoms with Gasteiger partial charge in [-0.1, -0.05) is 17.3 Å². The van der Waals surface area contributed by atoms with Gasteiger partial charge in [-0.25, -0.2) is 0 Å². The highest BCUT2D eigenvalue weighted by atomic mass is 16.6. The Labute approximate surface area is 102 Å². The van der Waals surface area contributed by atoms with Crippen LogP contribution in [-0.4, -0.2) is 23.8 Å². The van der Waals surface area contributed by atoms with Gasteiger partial charge in [0.25, 0.3) is 5.91 Å². The van der Waals surface area contributed by atoms with E-state index < -0.39 is 6.10 Å². The molecule has 92 valence electrons. The minimum atomic E-state index is -0.685. The molecule has 0 saturated carbocycles. The maximum absolute atomic E-state index is 11.9. The van der Waals surface area contributed by atoms with Gasteiger partial charge in [0.1, 0.15) is 18.6 Å². The van der Waals surface area contributed by atoms with Crippen LogP contribution in [0.2, 0.25) is 0 Å². The highest BCUT2D eigenvalue weighted by molar-refractivity contribution is 5.94. The van der Waals surface area contributed by atoms with E-state index in [4.69, 9.17) is 9.47 Å². The Morgan fingerprint density at radius 2 is 2.17 bits per heavy atom. The molecule has 0 unspecified atom stereocenters. The second kappa shape index (κ2) is 4.40. The first-order chi connectivity index (χ1) is 8.83. The molecule has 1 aromatic carbocycles. The summed E-state index contributed by atoms with van der Waals surface area (Å²) >= 11 is 0. The fourth-order valence-corrected chi connectivity index (χ4v) is 1.64. The fraction of sp³-hybridized carbons (Fsp3) is 0.167. The normalized spacial score (nSPS) is 17.2. The molecule has 6 nitrogen and oxygen atoms in total. The van der Waals surface area contributed by atoms with Crippen molar-refractivity contribution >= 4 is 11.6 Å². The summed E-state index contributed by atoms with van der Waals surface area (Å²) in [7, 11) is 0. The lowest BCUT2D eigenvalue weighted by atomic mass is 10.2. The summed E-state index contributed by atoms with van der Waals surface area (Å²) in [6, 6.07) is 7.22. The predicted octanol–water partition coefficient (Wildman–Crippen LogP) is 1.45. The lowest BCUT2D eigenvalue weighted by molar-refractivity contribution is -0.125. The Hall–Kier alpha value is -2.50. The average molecular weight is 246 g/mol. The number of para-hydroxylation sites is 2. The molecule has 0 aliphatic carbocycles. The van der Waals surface area contributed by atoms with Crippen molar-refractivity contribution in [3.8, 4) is 11.5 Å². The molecular formula is C12H10N2O4. The molecule has 18 heavy (non-hydrogen) atoms. The number of carbonyl (C=O) groups is 1. The Morgan fingerprint density at radius 1 is 1.33 bits per heavy atom. The molecule has 0 saturated heterocycles. The van der Waals surface area contributed by atoms with Crippen LogP contribution in [-0.2, 0) is 4.79 Å². The first-order valence-electron chi connectivity index (χ1n) is 5.41. The number of aromatic nitrogens is 1. The van der Waals surface area contributed by atoms with Crippen molar-refractivity contribution in [2.24, 2.45) is 0 Å². The Balaban J connectivity index is 1.70. The van der Waals surface area contributed by atoms with Crippen LogP contribution in [0.1, 0.15) is 0 Å². The SMILES string of the molecule is O=C(Nc1cnoc1)[C@@H]1COc2ccccc2O1. The van der Waals surface area contributed by atoms with E-state index in [9.17, 15) is 4.79 Å². The third-order valence-corrected chi connectivity index (χ3v) is 2.50. The number of rotatable bonds is 2. The Bertz CT molecular complexity index is 553. The lowest BCUT2D eigenvalue weighted by Gasteiger charge is -2.25. The highest BCUT2D eigenvalue weighted by Gasteiger charge is 2.27. The lowest BCUT2D eigenvalue weighted by Crippen LogP contribution is -2.40. The third kappa shape index (κ3) is 2.00. The second-order valence-electron chi connectivity index (χ2n) is 3.77. The van der Waals surface area contributed by atoms with E-state index in [0.29, 0.717) is 17.2 Å². The Morgan fingerprint density at radius 3 is 2.94 bits per heavy atom. The molecule has 1 amide bonds. The highest BCUT2D eigenvalue weighted by Crippen LogP contribution is 2.31. The molecule has 3 rings (SSSR count). The zero-order valence-corrected chi connectivity index (χ0v) is 9.33. The topological polar surface area (TPSA) is 73.6 Å². The van der Waals surface area contributed by atoms with Crippen molar-refractivity contribution in [1.29, 1.82) is 0 Å². The number of anilines is 1. The average Bonchev–Trinajstić information content (AvgIpc) is 2.91. The van der Waals surface area contributed by atoms with Crippen molar-refractivity contribution in [3.05, 3.63) is 36.7 Å². The number of nitrogens with one attached hydrogen (secondary N) is 1. The molecule has 0 spiro atoms. The maximum atomic E-state index is 11.9. The summed E-state index contributed by atoms with van der Waals surface area (Å²) in [4.78, 5) is 11.9. The van der Waals surface area contributed by atoms with Crippen molar-refractivity contribution in [2.45, 2.75) is 6.10 Å². The number of hydrogen-bond donors (Lipinski definition) is 1. The monoisotopic (exact) mass is 246 g/mol. The summed E-state index contributed by atoms with van der Waals surface area (Å²) in [6.45, 7) is 0.175. The first-order valence-corrected chi connectivity index (χ1v) is 5.41. The quantitative estimate of drug-likeness (QED) is 0.868. The third-order valence-electron chi connectivity index (χ3n) is 2.50. The van der Waals surface area contributed by atoms with Gasteiger partial charge in [0, 0.05) is 0 Å². The summed E-state index contributed by atoms with van der Waals surface area (Å²) in [5, 5.41) is 6.12. The van der Waals surface area contributed by atoms with Crippen molar-refractivity contribution in [2.75, 3.05) is 11.9 Å². The van der Waals surface area contributed by atoms with E-state index in [2.05, 4.69) is 15.0 Å². The van der Waals surface area contributed by atoms with Crippen molar-refractivity contribution < 1.29 is 18.8 Å². The molecule has 1 aliphatic rings. The number of amides is 1. The fourth-order valence-electron chi connectivity index (χ4n) is 1.64. The number of ether oxygens (including phenoxy) is 2. The number of hydrogen-bond acceptors (Lipinski definition) is 5. The molecular weight excluding hydrogens is 236 g/mol. The molecule has 0 radical (unpaired) electrons. The standard InChI is InChI=1S/C12H10N2O4/c15-12(14-8-5-13-17-6-8)11-7-16-9-3-1-2-4-10(9)18-11/h1-6,11H,7H2,(H,14,15)/t11-/m0/s1. The molecule has 1 atom stereocenters. The first kappa shape index (κ1) is 10.6. The van der Waals surface area contributed by atoms with Gasteiger partial charge < -0.3 is 19.3 Å². The van der Waals surface area contributed by atoms with Crippen molar-refractivity contribution in [3.63, 3.8) is 0 Å².